The van der Waals surface area contributed by atoms with E-state index in [1.54, 1.807) is 13.2 Å². The molecule has 0 aliphatic heterocycles. The van der Waals surface area contributed by atoms with Crippen LogP contribution in [0, 0.1) is 0 Å². The summed E-state index contributed by atoms with van der Waals surface area (Å²) in [6.45, 7) is 0. The summed E-state index contributed by atoms with van der Waals surface area (Å²) < 4.78 is 5.21. The lowest BCUT2D eigenvalue weighted by atomic mass is 9.99. The molecule has 2 N–H and O–H groups in total. The molecule has 0 aromatic heterocycles. The molecule has 0 radical (unpaired) electrons. The molecule has 20 heavy (non-hydrogen) atoms. The van der Waals surface area contributed by atoms with E-state index in [9.17, 15) is 0 Å². The Kier molecular flexibility index (Phi) is 5.30. The average Bonchev–Trinajstić information content (AvgIpc) is 2.42. The molecule has 2 nitrogen and oxygen atoms in total. The molecule has 0 aliphatic carbocycles. The zero-order valence-electron chi connectivity index (χ0n) is 11.3. The van der Waals surface area contributed by atoms with E-state index >= 15 is 0 Å². The fourth-order valence-corrected chi connectivity index (χ4v) is 2.63. The van der Waals surface area contributed by atoms with Gasteiger partial charge in [-0.3, -0.25) is 0 Å². The second kappa shape index (κ2) is 6.98. The third-order valence-corrected chi connectivity index (χ3v) is 3.72. The van der Waals surface area contributed by atoms with Crippen LogP contribution in [0.5, 0.6) is 5.75 Å². The number of rotatable bonds is 5. The highest BCUT2D eigenvalue weighted by Crippen LogP contribution is 2.22. The maximum absolute atomic E-state index is 6.20. The summed E-state index contributed by atoms with van der Waals surface area (Å²) in [5, 5.41) is 1.30. The number of methoxy groups -OCH3 is 1. The largest absolute Gasteiger partial charge is 0.497 e. The maximum Gasteiger partial charge on any atom is 0.119 e. The lowest BCUT2D eigenvalue weighted by molar-refractivity contribution is 0.414. The molecule has 2 aromatic carbocycles. The fourth-order valence-electron chi connectivity index (χ4n) is 2.14. The van der Waals surface area contributed by atoms with Crippen LogP contribution >= 0.6 is 23.2 Å². The minimum Gasteiger partial charge on any atom is -0.497 e. The third-order valence-electron chi connectivity index (χ3n) is 3.13. The summed E-state index contributed by atoms with van der Waals surface area (Å²) >= 11 is 12.1. The Morgan fingerprint density at radius 1 is 1.10 bits per heavy atom. The summed E-state index contributed by atoms with van der Waals surface area (Å²) in [6, 6.07) is 13.4. The molecule has 0 spiro atoms. The van der Waals surface area contributed by atoms with Crippen LogP contribution in [0.2, 0.25) is 10.0 Å². The summed E-state index contributed by atoms with van der Waals surface area (Å²) in [6.07, 6.45) is 1.49. The zero-order valence-corrected chi connectivity index (χ0v) is 12.8. The summed E-state index contributed by atoms with van der Waals surface area (Å²) in [7, 11) is 1.66. The van der Waals surface area contributed by atoms with Crippen molar-refractivity contribution in [1.82, 2.24) is 0 Å². The van der Waals surface area contributed by atoms with Crippen LogP contribution in [0.1, 0.15) is 11.1 Å². The first-order valence-electron chi connectivity index (χ1n) is 6.41. The van der Waals surface area contributed by atoms with Crippen molar-refractivity contribution in [2.45, 2.75) is 18.9 Å². The lowest BCUT2D eigenvalue weighted by Crippen LogP contribution is -2.25. The lowest BCUT2D eigenvalue weighted by Gasteiger charge is -2.13. The number of hydrogen-bond acceptors (Lipinski definition) is 2. The Bertz CT molecular complexity index is 586. The van der Waals surface area contributed by atoms with Crippen LogP contribution in [0.25, 0.3) is 0 Å². The number of hydrogen-bond donors (Lipinski definition) is 1. The van der Waals surface area contributed by atoms with Gasteiger partial charge in [-0.25, -0.2) is 0 Å². The first-order chi connectivity index (χ1) is 9.58. The smallest absolute Gasteiger partial charge is 0.119 e. The van der Waals surface area contributed by atoms with Crippen molar-refractivity contribution in [1.29, 1.82) is 0 Å². The molecule has 0 aliphatic rings. The van der Waals surface area contributed by atoms with Crippen molar-refractivity contribution in [3.05, 3.63) is 63.6 Å². The van der Waals surface area contributed by atoms with Crippen molar-refractivity contribution in [2.75, 3.05) is 7.11 Å². The van der Waals surface area contributed by atoms with Gasteiger partial charge in [0.2, 0.25) is 0 Å². The van der Waals surface area contributed by atoms with E-state index in [0.29, 0.717) is 16.5 Å². The van der Waals surface area contributed by atoms with Gasteiger partial charge < -0.3 is 10.5 Å². The number of nitrogens with two attached hydrogens (primary N) is 1. The van der Waals surface area contributed by atoms with Crippen molar-refractivity contribution in [3.8, 4) is 5.75 Å². The molecule has 0 heterocycles. The van der Waals surface area contributed by atoms with Gasteiger partial charge in [-0.2, -0.15) is 0 Å². The van der Waals surface area contributed by atoms with Gasteiger partial charge in [0.15, 0.2) is 0 Å². The molecular weight excluding hydrogens is 293 g/mol. The molecule has 0 amide bonds. The van der Waals surface area contributed by atoms with Crippen LogP contribution in [0.3, 0.4) is 0 Å². The van der Waals surface area contributed by atoms with Gasteiger partial charge in [0.25, 0.3) is 0 Å². The molecule has 1 unspecified atom stereocenters. The fraction of sp³-hybridized carbons (Fsp3) is 0.250. The van der Waals surface area contributed by atoms with Crippen molar-refractivity contribution >= 4 is 23.2 Å². The number of benzene rings is 2. The molecular formula is C16H17Cl2NO. The van der Waals surface area contributed by atoms with Gasteiger partial charge in [-0.05, 0) is 48.2 Å². The predicted molar refractivity (Wildman–Crippen MR) is 84.8 cm³/mol. The highest BCUT2D eigenvalue weighted by molar-refractivity contribution is 6.35. The van der Waals surface area contributed by atoms with E-state index < -0.39 is 0 Å². The zero-order chi connectivity index (χ0) is 14.5. The molecule has 0 fully saturated rings. The highest BCUT2D eigenvalue weighted by Gasteiger charge is 2.09. The van der Waals surface area contributed by atoms with Gasteiger partial charge in [0, 0.05) is 16.1 Å². The van der Waals surface area contributed by atoms with Crippen molar-refractivity contribution in [2.24, 2.45) is 5.73 Å². The second-order valence-corrected chi connectivity index (χ2v) is 5.60. The normalized spacial score (nSPS) is 12.2. The van der Waals surface area contributed by atoms with Crippen molar-refractivity contribution in [3.63, 3.8) is 0 Å². The molecule has 4 heteroatoms. The Hall–Kier alpha value is -1.22. The summed E-state index contributed by atoms with van der Waals surface area (Å²) in [5.74, 6) is 0.847. The Morgan fingerprint density at radius 2 is 1.90 bits per heavy atom. The van der Waals surface area contributed by atoms with E-state index in [1.807, 2.05) is 36.4 Å². The summed E-state index contributed by atoms with van der Waals surface area (Å²) in [4.78, 5) is 0. The summed E-state index contributed by atoms with van der Waals surface area (Å²) in [5.41, 5.74) is 8.38. The topological polar surface area (TPSA) is 35.2 Å². The quantitative estimate of drug-likeness (QED) is 0.902. The molecule has 106 valence electrons. The van der Waals surface area contributed by atoms with E-state index in [-0.39, 0.29) is 6.04 Å². The second-order valence-electron chi connectivity index (χ2n) is 4.76. The first kappa shape index (κ1) is 15.2. The van der Waals surface area contributed by atoms with Gasteiger partial charge in [0.1, 0.15) is 5.75 Å². The number of ether oxygens (including phenoxy) is 1. The Balaban J connectivity index is 2.02. The molecule has 0 saturated carbocycles. The standard InChI is InChI=1S/C16H17Cl2NO/c1-20-15-4-2-3-11(8-15)7-14(19)9-12-5-6-13(17)10-16(12)18/h2-6,8,10,14H,7,9,19H2,1H3. The minimum atomic E-state index is 0.000724. The third kappa shape index (κ3) is 4.14. The average molecular weight is 310 g/mol. The monoisotopic (exact) mass is 309 g/mol. The van der Waals surface area contributed by atoms with Crippen LogP contribution in [0.15, 0.2) is 42.5 Å². The Morgan fingerprint density at radius 3 is 2.60 bits per heavy atom. The van der Waals surface area contributed by atoms with Crippen molar-refractivity contribution < 1.29 is 4.74 Å². The van der Waals surface area contributed by atoms with Crippen LogP contribution in [-0.4, -0.2) is 13.2 Å². The SMILES string of the molecule is COc1cccc(CC(N)Cc2ccc(Cl)cc2Cl)c1. The van der Waals surface area contributed by atoms with Gasteiger partial charge in [-0.1, -0.05) is 41.4 Å². The van der Waals surface area contributed by atoms with E-state index in [0.717, 1.165) is 23.3 Å². The van der Waals surface area contributed by atoms with Crippen LogP contribution < -0.4 is 10.5 Å². The molecule has 2 aromatic rings. The molecule has 2 rings (SSSR count). The van der Waals surface area contributed by atoms with Gasteiger partial charge in [0.05, 0.1) is 7.11 Å². The first-order valence-corrected chi connectivity index (χ1v) is 7.16. The van der Waals surface area contributed by atoms with Crippen LogP contribution in [-0.2, 0) is 12.8 Å². The molecule has 1 atom stereocenters. The van der Waals surface area contributed by atoms with E-state index in [4.69, 9.17) is 33.7 Å². The van der Waals surface area contributed by atoms with E-state index in [1.165, 1.54) is 0 Å². The predicted octanol–water partition coefficient (Wildman–Crippen LogP) is 4.11. The van der Waals surface area contributed by atoms with Gasteiger partial charge in [-0.15, -0.1) is 0 Å². The minimum absolute atomic E-state index is 0.000724. The molecule has 0 saturated heterocycles. The van der Waals surface area contributed by atoms with Gasteiger partial charge >= 0.3 is 0 Å². The highest BCUT2D eigenvalue weighted by atomic mass is 35.5. The van der Waals surface area contributed by atoms with E-state index in [2.05, 4.69) is 0 Å². The Labute approximate surface area is 129 Å². The maximum atomic E-state index is 6.20. The van der Waals surface area contributed by atoms with Crippen LogP contribution in [0.4, 0.5) is 0 Å². The number of halogens is 2. The molecule has 0 bridgehead atoms.